The monoisotopic (exact) mass is 593 g/mol. The molecule has 10 rings (SSSR count). The van der Waals surface area contributed by atoms with E-state index in [2.05, 4.69) is 140 Å². The smallest absolute Gasteiger partial charge is 0.149 e. The molecule has 0 amide bonds. The Morgan fingerprint density at radius 2 is 1.44 bits per heavy atom. The van der Waals surface area contributed by atoms with Crippen LogP contribution in [0.5, 0.6) is 0 Å². The number of aromatic nitrogens is 2. The number of anilines is 3. The largest absolute Gasteiger partial charge is 0.294 e. The van der Waals surface area contributed by atoms with E-state index in [1.54, 1.807) is 6.33 Å². The van der Waals surface area contributed by atoms with Crippen molar-refractivity contribution in [1.82, 2.24) is 9.97 Å². The molecule has 0 saturated carbocycles. The van der Waals surface area contributed by atoms with Crippen LogP contribution < -0.4 is 4.90 Å². The average Bonchev–Trinajstić information content (AvgIpc) is 3.57. The average molecular weight is 594 g/mol. The van der Waals surface area contributed by atoms with Crippen LogP contribution in [0.15, 0.2) is 128 Å². The van der Waals surface area contributed by atoms with Crippen molar-refractivity contribution in [1.29, 1.82) is 0 Å². The van der Waals surface area contributed by atoms with Gasteiger partial charge in [-0.15, -0.1) is 11.3 Å². The summed E-state index contributed by atoms with van der Waals surface area (Å²) in [5, 5.41) is 3.78. The fraction of sp³-hybridized carbons (Fsp3) is 0.0732. The van der Waals surface area contributed by atoms with Crippen molar-refractivity contribution in [3.63, 3.8) is 0 Å². The molecule has 0 fully saturated rings. The van der Waals surface area contributed by atoms with E-state index in [-0.39, 0.29) is 5.41 Å². The number of benzene rings is 6. The van der Waals surface area contributed by atoms with Gasteiger partial charge < -0.3 is 0 Å². The van der Waals surface area contributed by atoms with Crippen molar-refractivity contribution in [3.8, 4) is 33.4 Å². The van der Waals surface area contributed by atoms with E-state index < -0.39 is 0 Å². The second kappa shape index (κ2) is 8.87. The molecule has 0 unspecified atom stereocenters. The zero-order chi connectivity index (χ0) is 29.9. The standard InChI is InChI=1S/C41H27N3S/c1-41(2)32-19-18-29-28-13-7-9-15-36(28)45-39(29)37(32)30-17-16-26(22-33(30)41)44-35-14-8-6-12-27(35)31-20-25(24-10-4-3-5-11-24)21-34-38(31)40(44)43-23-42-34/h3-23H,1-2H3. The van der Waals surface area contributed by atoms with Crippen LogP contribution in [-0.4, -0.2) is 9.97 Å². The van der Waals surface area contributed by atoms with E-state index in [0.29, 0.717) is 0 Å². The molecule has 212 valence electrons. The molecule has 0 saturated heterocycles. The molecule has 1 aliphatic heterocycles. The molecule has 0 bridgehead atoms. The highest BCUT2D eigenvalue weighted by atomic mass is 32.1. The molecular weight excluding hydrogens is 567 g/mol. The van der Waals surface area contributed by atoms with Crippen LogP contribution in [0.1, 0.15) is 25.0 Å². The summed E-state index contributed by atoms with van der Waals surface area (Å²) in [6.45, 7) is 4.74. The maximum Gasteiger partial charge on any atom is 0.149 e. The molecule has 0 N–H and O–H groups in total. The lowest BCUT2D eigenvalue weighted by molar-refractivity contribution is 0.661. The lowest BCUT2D eigenvalue weighted by atomic mass is 9.82. The molecule has 0 spiro atoms. The summed E-state index contributed by atoms with van der Waals surface area (Å²) in [5.41, 5.74) is 13.3. The van der Waals surface area contributed by atoms with E-state index in [4.69, 9.17) is 9.97 Å². The Hall–Kier alpha value is -5.32. The summed E-state index contributed by atoms with van der Waals surface area (Å²) in [6.07, 6.45) is 1.71. The van der Waals surface area contributed by atoms with Gasteiger partial charge >= 0.3 is 0 Å². The van der Waals surface area contributed by atoms with Gasteiger partial charge in [-0.05, 0) is 69.8 Å². The van der Waals surface area contributed by atoms with Gasteiger partial charge in [0.05, 0.1) is 16.6 Å². The minimum Gasteiger partial charge on any atom is -0.294 e. The SMILES string of the molecule is CC1(C)c2cc(N3c4ccccc4-c4cc(-c5ccccc5)cc5ncnc3c45)ccc2-c2c1ccc1c2sc2ccccc21. The van der Waals surface area contributed by atoms with Gasteiger partial charge in [-0.3, -0.25) is 4.90 Å². The van der Waals surface area contributed by atoms with Crippen LogP contribution in [0.4, 0.5) is 17.2 Å². The highest BCUT2D eigenvalue weighted by Crippen LogP contribution is 2.56. The minimum absolute atomic E-state index is 0.135. The summed E-state index contributed by atoms with van der Waals surface area (Å²) in [4.78, 5) is 12.1. The topological polar surface area (TPSA) is 29.0 Å². The summed E-state index contributed by atoms with van der Waals surface area (Å²) in [5.74, 6) is 0.925. The molecule has 45 heavy (non-hydrogen) atoms. The molecule has 2 aliphatic rings. The Labute approximate surface area is 265 Å². The van der Waals surface area contributed by atoms with Gasteiger partial charge in [0.2, 0.25) is 0 Å². The lowest BCUT2D eigenvalue weighted by Gasteiger charge is -2.33. The molecule has 1 aliphatic carbocycles. The van der Waals surface area contributed by atoms with Crippen LogP contribution in [0.25, 0.3) is 64.5 Å². The van der Waals surface area contributed by atoms with Gasteiger partial charge in [0.15, 0.2) is 0 Å². The van der Waals surface area contributed by atoms with E-state index in [0.717, 1.165) is 33.7 Å². The number of nitrogens with zero attached hydrogens (tertiary/aromatic N) is 3. The van der Waals surface area contributed by atoms with Crippen LogP contribution in [0.2, 0.25) is 0 Å². The first-order chi connectivity index (χ1) is 22.1. The first kappa shape index (κ1) is 25.1. The molecule has 4 heteroatoms. The zero-order valence-corrected chi connectivity index (χ0v) is 25.7. The second-order valence-corrected chi connectivity index (χ2v) is 13.7. The molecule has 0 atom stereocenters. The molecular formula is C41H27N3S. The van der Waals surface area contributed by atoms with Crippen molar-refractivity contribution < 1.29 is 0 Å². The van der Waals surface area contributed by atoms with Gasteiger partial charge in [-0.2, -0.15) is 0 Å². The van der Waals surface area contributed by atoms with Gasteiger partial charge in [-0.1, -0.05) is 98.8 Å². The summed E-state index contributed by atoms with van der Waals surface area (Å²) < 4.78 is 2.73. The first-order valence-electron chi connectivity index (χ1n) is 15.4. The zero-order valence-electron chi connectivity index (χ0n) is 24.9. The predicted molar refractivity (Wildman–Crippen MR) is 189 cm³/mol. The third-order valence-corrected chi connectivity index (χ3v) is 11.1. The summed E-state index contributed by atoms with van der Waals surface area (Å²) >= 11 is 1.92. The number of hydrogen-bond donors (Lipinski definition) is 0. The van der Waals surface area contributed by atoms with Crippen LogP contribution in [0.3, 0.4) is 0 Å². The number of rotatable bonds is 2. The Morgan fingerprint density at radius 1 is 0.622 bits per heavy atom. The predicted octanol–water partition coefficient (Wildman–Crippen LogP) is 11.4. The van der Waals surface area contributed by atoms with Crippen molar-refractivity contribution in [3.05, 3.63) is 139 Å². The summed E-state index contributed by atoms with van der Waals surface area (Å²) in [7, 11) is 0. The van der Waals surface area contributed by atoms with Crippen LogP contribution >= 0.6 is 11.3 Å². The molecule has 3 heterocycles. The van der Waals surface area contributed by atoms with Gasteiger partial charge in [0.1, 0.15) is 12.1 Å². The van der Waals surface area contributed by atoms with E-state index in [1.807, 2.05) is 11.3 Å². The number of fused-ring (bicyclic) bond motifs is 9. The minimum atomic E-state index is -0.135. The normalized spacial score (nSPS) is 14.1. The van der Waals surface area contributed by atoms with Crippen molar-refractivity contribution in [2.24, 2.45) is 0 Å². The van der Waals surface area contributed by atoms with Crippen LogP contribution in [0, 0.1) is 0 Å². The van der Waals surface area contributed by atoms with E-state index in [1.165, 1.54) is 59.1 Å². The molecule has 8 aromatic rings. The Balaban J connectivity index is 1.20. The lowest BCUT2D eigenvalue weighted by Crippen LogP contribution is -2.19. The fourth-order valence-corrected chi connectivity index (χ4v) is 9.02. The Kier molecular flexibility index (Phi) is 4.94. The molecule has 6 aromatic carbocycles. The van der Waals surface area contributed by atoms with Gasteiger partial charge in [-0.25, -0.2) is 9.97 Å². The highest BCUT2D eigenvalue weighted by Gasteiger charge is 2.38. The summed E-state index contributed by atoms with van der Waals surface area (Å²) in [6, 6.07) is 44.3. The number of thiophene rings is 1. The van der Waals surface area contributed by atoms with E-state index >= 15 is 0 Å². The quantitative estimate of drug-likeness (QED) is 0.200. The van der Waals surface area contributed by atoms with Crippen molar-refractivity contribution >= 4 is 59.6 Å². The highest BCUT2D eigenvalue weighted by molar-refractivity contribution is 7.26. The maximum absolute atomic E-state index is 4.95. The third kappa shape index (κ3) is 3.35. The first-order valence-corrected chi connectivity index (χ1v) is 16.2. The molecule has 3 nitrogen and oxygen atoms in total. The number of hydrogen-bond acceptors (Lipinski definition) is 4. The Bertz CT molecular complexity index is 2530. The van der Waals surface area contributed by atoms with Crippen molar-refractivity contribution in [2.75, 3.05) is 4.90 Å². The Morgan fingerprint density at radius 3 is 2.36 bits per heavy atom. The second-order valence-electron chi connectivity index (χ2n) is 12.7. The number of para-hydroxylation sites is 1. The molecule has 2 aromatic heterocycles. The van der Waals surface area contributed by atoms with Gasteiger partial charge in [0, 0.05) is 42.4 Å². The molecule has 0 radical (unpaired) electrons. The van der Waals surface area contributed by atoms with Gasteiger partial charge in [0.25, 0.3) is 0 Å². The van der Waals surface area contributed by atoms with Crippen LogP contribution in [-0.2, 0) is 5.41 Å². The van der Waals surface area contributed by atoms with E-state index in [9.17, 15) is 0 Å². The van der Waals surface area contributed by atoms with Crippen molar-refractivity contribution in [2.45, 2.75) is 19.3 Å². The third-order valence-electron chi connectivity index (χ3n) is 9.90. The maximum atomic E-state index is 4.95. The fourth-order valence-electron chi connectivity index (χ4n) is 7.75.